The molecule has 1 aliphatic heterocycles. The Bertz CT molecular complexity index is 479. The Labute approximate surface area is 116 Å². The van der Waals surface area contributed by atoms with Crippen LogP contribution in [0.25, 0.3) is 0 Å². The highest BCUT2D eigenvalue weighted by molar-refractivity contribution is 9.10. The number of amides is 1. The highest BCUT2D eigenvalue weighted by atomic mass is 79.9. The standard InChI is InChI=1S/C15H18BrNO/c1-17-13-9-11(16)7-8-12(13)14(15(17)18)10-5-3-2-4-6-10/h7-10,14H,2-6H2,1H3. The summed E-state index contributed by atoms with van der Waals surface area (Å²) in [6.07, 6.45) is 6.31. The Morgan fingerprint density at radius 2 is 1.94 bits per heavy atom. The quantitative estimate of drug-likeness (QED) is 0.765. The summed E-state index contributed by atoms with van der Waals surface area (Å²) < 4.78 is 1.05. The molecule has 1 aromatic carbocycles. The van der Waals surface area contributed by atoms with Crippen LogP contribution in [0.1, 0.15) is 43.6 Å². The topological polar surface area (TPSA) is 20.3 Å². The fourth-order valence-electron chi connectivity index (χ4n) is 3.45. The third-order valence-corrected chi connectivity index (χ3v) is 4.90. The lowest BCUT2D eigenvalue weighted by Crippen LogP contribution is -2.28. The van der Waals surface area contributed by atoms with E-state index in [9.17, 15) is 4.79 Å². The van der Waals surface area contributed by atoms with Gasteiger partial charge in [-0.15, -0.1) is 0 Å². The first-order valence-electron chi connectivity index (χ1n) is 6.75. The number of anilines is 1. The normalized spacial score (nSPS) is 24.4. The van der Waals surface area contributed by atoms with Gasteiger partial charge in [0, 0.05) is 17.2 Å². The van der Waals surface area contributed by atoms with Crippen molar-refractivity contribution in [3.8, 4) is 0 Å². The Morgan fingerprint density at radius 3 is 2.67 bits per heavy atom. The smallest absolute Gasteiger partial charge is 0.234 e. The summed E-state index contributed by atoms with van der Waals surface area (Å²) in [6, 6.07) is 6.25. The zero-order valence-corrected chi connectivity index (χ0v) is 12.2. The summed E-state index contributed by atoms with van der Waals surface area (Å²) >= 11 is 3.49. The minimum atomic E-state index is 0.110. The van der Waals surface area contributed by atoms with Gasteiger partial charge in [-0.05, 0) is 36.5 Å². The number of hydrogen-bond acceptors (Lipinski definition) is 1. The first-order chi connectivity index (χ1) is 8.68. The van der Waals surface area contributed by atoms with Gasteiger partial charge < -0.3 is 4.90 Å². The number of rotatable bonds is 1. The van der Waals surface area contributed by atoms with E-state index in [-0.39, 0.29) is 11.8 Å². The summed E-state index contributed by atoms with van der Waals surface area (Å²) in [5, 5.41) is 0. The molecule has 1 amide bonds. The van der Waals surface area contributed by atoms with Gasteiger partial charge in [0.1, 0.15) is 0 Å². The van der Waals surface area contributed by atoms with Crippen molar-refractivity contribution in [1.82, 2.24) is 0 Å². The molecule has 0 radical (unpaired) electrons. The average molecular weight is 308 g/mol. The Morgan fingerprint density at radius 1 is 1.22 bits per heavy atom. The second-order valence-corrected chi connectivity index (χ2v) is 6.39. The maximum atomic E-state index is 12.5. The molecular formula is C15H18BrNO. The number of nitrogens with zero attached hydrogens (tertiary/aromatic N) is 1. The minimum Gasteiger partial charge on any atom is -0.315 e. The second-order valence-electron chi connectivity index (χ2n) is 5.48. The fraction of sp³-hybridized carbons (Fsp3) is 0.533. The molecule has 2 nitrogen and oxygen atoms in total. The zero-order chi connectivity index (χ0) is 12.7. The SMILES string of the molecule is CN1C(=O)C(C2CCCCC2)c2ccc(Br)cc21. The summed E-state index contributed by atoms with van der Waals surface area (Å²) in [6.45, 7) is 0. The van der Waals surface area contributed by atoms with Crippen molar-refractivity contribution in [3.05, 3.63) is 28.2 Å². The van der Waals surface area contributed by atoms with E-state index in [0.717, 1.165) is 10.2 Å². The molecule has 1 unspecified atom stereocenters. The fourth-order valence-corrected chi connectivity index (χ4v) is 3.80. The number of carbonyl (C=O) groups is 1. The molecule has 1 atom stereocenters. The van der Waals surface area contributed by atoms with E-state index in [0.29, 0.717) is 5.92 Å². The molecule has 0 spiro atoms. The van der Waals surface area contributed by atoms with E-state index in [2.05, 4.69) is 34.1 Å². The lowest BCUT2D eigenvalue weighted by atomic mass is 9.77. The molecule has 3 rings (SSSR count). The maximum Gasteiger partial charge on any atom is 0.234 e. The number of halogens is 1. The van der Waals surface area contributed by atoms with Crippen molar-refractivity contribution in [2.45, 2.75) is 38.0 Å². The summed E-state index contributed by atoms with van der Waals surface area (Å²) in [5.41, 5.74) is 2.32. The van der Waals surface area contributed by atoms with Crippen LogP contribution in [0, 0.1) is 5.92 Å². The molecular weight excluding hydrogens is 290 g/mol. The van der Waals surface area contributed by atoms with Crippen LogP contribution in [0.3, 0.4) is 0 Å². The van der Waals surface area contributed by atoms with Crippen molar-refractivity contribution in [3.63, 3.8) is 0 Å². The molecule has 1 aromatic rings. The van der Waals surface area contributed by atoms with Gasteiger partial charge in [0.05, 0.1) is 5.92 Å². The molecule has 1 saturated carbocycles. The third kappa shape index (κ3) is 1.89. The zero-order valence-electron chi connectivity index (χ0n) is 10.7. The largest absolute Gasteiger partial charge is 0.315 e. The van der Waals surface area contributed by atoms with E-state index >= 15 is 0 Å². The third-order valence-electron chi connectivity index (χ3n) is 4.41. The van der Waals surface area contributed by atoms with Crippen LogP contribution in [0.5, 0.6) is 0 Å². The number of benzene rings is 1. The molecule has 0 saturated heterocycles. The number of fused-ring (bicyclic) bond motifs is 1. The number of hydrogen-bond donors (Lipinski definition) is 0. The molecule has 1 aliphatic carbocycles. The average Bonchev–Trinajstić information content (AvgIpc) is 2.64. The van der Waals surface area contributed by atoms with Gasteiger partial charge in [0.25, 0.3) is 0 Å². The van der Waals surface area contributed by atoms with Gasteiger partial charge in [-0.2, -0.15) is 0 Å². The molecule has 96 valence electrons. The van der Waals surface area contributed by atoms with Crippen LogP contribution in [0.4, 0.5) is 5.69 Å². The van der Waals surface area contributed by atoms with E-state index in [1.54, 1.807) is 0 Å². The van der Waals surface area contributed by atoms with E-state index in [4.69, 9.17) is 0 Å². The highest BCUT2D eigenvalue weighted by Gasteiger charge is 2.40. The van der Waals surface area contributed by atoms with Crippen LogP contribution < -0.4 is 4.90 Å². The minimum absolute atomic E-state index is 0.110. The van der Waals surface area contributed by atoms with Crippen molar-refractivity contribution < 1.29 is 4.79 Å². The summed E-state index contributed by atoms with van der Waals surface area (Å²) in [7, 11) is 1.90. The van der Waals surface area contributed by atoms with Gasteiger partial charge in [0.2, 0.25) is 5.91 Å². The van der Waals surface area contributed by atoms with Gasteiger partial charge in [-0.25, -0.2) is 0 Å². The van der Waals surface area contributed by atoms with Crippen molar-refractivity contribution in [1.29, 1.82) is 0 Å². The first kappa shape index (κ1) is 12.2. The van der Waals surface area contributed by atoms with Crippen molar-refractivity contribution >= 4 is 27.5 Å². The van der Waals surface area contributed by atoms with E-state index < -0.39 is 0 Å². The molecule has 1 heterocycles. The Kier molecular flexibility index (Phi) is 3.18. The van der Waals surface area contributed by atoms with Gasteiger partial charge in [0.15, 0.2) is 0 Å². The van der Waals surface area contributed by atoms with Crippen LogP contribution in [0.2, 0.25) is 0 Å². The van der Waals surface area contributed by atoms with Gasteiger partial charge >= 0.3 is 0 Å². The summed E-state index contributed by atoms with van der Waals surface area (Å²) in [5.74, 6) is 0.949. The van der Waals surface area contributed by atoms with Gasteiger partial charge in [-0.1, -0.05) is 41.3 Å². The lowest BCUT2D eigenvalue weighted by molar-refractivity contribution is -0.120. The lowest BCUT2D eigenvalue weighted by Gasteiger charge is -2.26. The maximum absolute atomic E-state index is 12.5. The summed E-state index contributed by atoms with van der Waals surface area (Å²) in [4.78, 5) is 14.3. The molecule has 3 heteroatoms. The molecule has 0 bridgehead atoms. The van der Waals surface area contributed by atoms with Gasteiger partial charge in [-0.3, -0.25) is 4.79 Å². The van der Waals surface area contributed by atoms with Crippen LogP contribution >= 0.6 is 15.9 Å². The molecule has 2 aliphatic rings. The second kappa shape index (κ2) is 4.69. The van der Waals surface area contributed by atoms with Crippen molar-refractivity contribution in [2.75, 3.05) is 11.9 Å². The molecule has 0 aromatic heterocycles. The predicted molar refractivity (Wildman–Crippen MR) is 76.9 cm³/mol. The molecule has 18 heavy (non-hydrogen) atoms. The molecule has 1 fully saturated rings. The monoisotopic (exact) mass is 307 g/mol. The van der Waals surface area contributed by atoms with Crippen LogP contribution in [-0.4, -0.2) is 13.0 Å². The van der Waals surface area contributed by atoms with E-state index in [1.807, 2.05) is 11.9 Å². The number of likely N-dealkylation sites (N-methyl/N-ethyl adjacent to an activating group) is 1. The van der Waals surface area contributed by atoms with Crippen molar-refractivity contribution in [2.24, 2.45) is 5.92 Å². The predicted octanol–water partition coefficient (Wildman–Crippen LogP) is 4.09. The van der Waals surface area contributed by atoms with Crippen LogP contribution in [-0.2, 0) is 4.79 Å². The van der Waals surface area contributed by atoms with Crippen LogP contribution in [0.15, 0.2) is 22.7 Å². The Balaban J connectivity index is 1.98. The van der Waals surface area contributed by atoms with E-state index in [1.165, 1.54) is 37.7 Å². The Hall–Kier alpha value is -0.830. The first-order valence-corrected chi connectivity index (χ1v) is 7.55. The highest BCUT2D eigenvalue weighted by Crippen LogP contribution is 2.45. The molecule has 0 N–H and O–H groups in total. The number of carbonyl (C=O) groups excluding carboxylic acids is 1.